The Morgan fingerprint density at radius 3 is 2.58 bits per heavy atom. The van der Waals surface area contributed by atoms with Crippen LogP contribution in [0.1, 0.15) is 37.7 Å². The molecular weight excluding hydrogens is 348 g/mol. The molecule has 2 aromatic heterocycles. The Labute approximate surface area is 157 Å². The van der Waals surface area contributed by atoms with Crippen LogP contribution in [0.15, 0.2) is 48.8 Å². The molecule has 134 valence electrons. The third-order valence-corrected chi connectivity index (χ3v) is 5.08. The van der Waals surface area contributed by atoms with Crippen molar-refractivity contribution < 1.29 is 9.90 Å². The first-order chi connectivity index (χ1) is 12.3. The number of carbonyl (C=O) groups excluding carboxylic acids is 1. The maximum atomic E-state index is 12.6. The Morgan fingerprint density at radius 1 is 1.15 bits per heavy atom. The van der Waals surface area contributed by atoms with Crippen LogP contribution in [0.2, 0.25) is 5.02 Å². The van der Waals surface area contributed by atoms with E-state index < -0.39 is 5.60 Å². The second kappa shape index (κ2) is 7.14. The first-order valence-corrected chi connectivity index (χ1v) is 8.90. The zero-order valence-corrected chi connectivity index (χ0v) is 15.8. The molecule has 1 unspecified atom stereocenters. The fourth-order valence-electron chi connectivity index (χ4n) is 2.71. The van der Waals surface area contributed by atoms with Crippen molar-refractivity contribution >= 4 is 28.3 Å². The molecule has 1 atom stereocenters. The summed E-state index contributed by atoms with van der Waals surface area (Å²) in [5, 5.41) is 11.5. The van der Waals surface area contributed by atoms with Gasteiger partial charge in [-0.05, 0) is 38.0 Å². The molecule has 0 aliphatic heterocycles. The molecule has 1 N–H and O–H groups in total. The number of hydrogen-bond donors (Lipinski definition) is 1. The molecular formula is C21H21ClN2O2. The summed E-state index contributed by atoms with van der Waals surface area (Å²) >= 11 is 6.33. The van der Waals surface area contributed by atoms with Gasteiger partial charge in [0.05, 0.1) is 11.1 Å². The first-order valence-electron chi connectivity index (χ1n) is 8.52. The van der Waals surface area contributed by atoms with Crippen LogP contribution >= 0.6 is 11.6 Å². The van der Waals surface area contributed by atoms with Crippen LogP contribution in [0.25, 0.3) is 22.0 Å². The van der Waals surface area contributed by atoms with Crippen molar-refractivity contribution in [1.29, 1.82) is 0 Å². The van der Waals surface area contributed by atoms with Crippen LogP contribution in [-0.2, 0) is 0 Å². The van der Waals surface area contributed by atoms with Gasteiger partial charge in [0.15, 0.2) is 5.78 Å². The zero-order chi connectivity index (χ0) is 18.9. The standard InChI is InChI=1S/C21H21ClN2O2/c1-13(21(2,3)26)10-19(25)18-9-8-14-11-23-12-16(20(14)24-18)15-6-4-5-7-17(15)22/h4-9,11-13,26H,10H2,1-3H3. The Kier molecular flexibility index (Phi) is 5.08. The van der Waals surface area contributed by atoms with Crippen LogP contribution in [0.5, 0.6) is 0 Å². The highest BCUT2D eigenvalue weighted by molar-refractivity contribution is 6.33. The number of ketones is 1. The number of nitrogens with zero attached hydrogens (tertiary/aromatic N) is 2. The number of rotatable bonds is 5. The molecule has 0 saturated heterocycles. The number of aromatic nitrogens is 2. The Bertz CT molecular complexity index is 964. The van der Waals surface area contributed by atoms with Crippen LogP contribution in [-0.4, -0.2) is 26.5 Å². The van der Waals surface area contributed by atoms with Crippen LogP contribution in [0.3, 0.4) is 0 Å². The molecule has 3 aromatic rings. The summed E-state index contributed by atoms with van der Waals surface area (Å²) in [4.78, 5) is 21.5. The SMILES string of the molecule is CC(CC(=O)c1ccc2cncc(-c3ccccc3Cl)c2n1)C(C)(C)O. The minimum atomic E-state index is -0.918. The topological polar surface area (TPSA) is 63.1 Å². The predicted molar refractivity (Wildman–Crippen MR) is 104 cm³/mol. The number of carbonyl (C=O) groups is 1. The smallest absolute Gasteiger partial charge is 0.181 e. The van der Waals surface area contributed by atoms with Gasteiger partial charge in [0, 0.05) is 40.4 Å². The Morgan fingerprint density at radius 2 is 1.88 bits per heavy atom. The number of Topliss-reactive ketones (excluding diaryl/α,β-unsaturated/α-hetero) is 1. The van der Waals surface area contributed by atoms with Gasteiger partial charge in [-0.15, -0.1) is 0 Å². The molecule has 0 fully saturated rings. The molecule has 1 aromatic carbocycles. The summed E-state index contributed by atoms with van der Waals surface area (Å²) in [6, 6.07) is 11.0. The van der Waals surface area contributed by atoms with Crippen molar-refractivity contribution in [3.8, 4) is 11.1 Å². The van der Waals surface area contributed by atoms with E-state index in [1.54, 1.807) is 32.3 Å². The number of hydrogen-bond acceptors (Lipinski definition) is 4. The maximum absolute atomic E-state index is 12.6. The minimum absolute atomic E-state index is 0.0940. The lowest BCUT2D eigenvalue weighted by atomic mass is 9.88. The van der Waals surface area contributed by atoms with Gasteiger partial charge in [0.1, 0.15) is 5.69 Å². The van der Waals surface area contributed by atoms with E-state index in [2.05, 4.69) is 9.97 Å². The van der Waals surface area contributed by atoms with Gasteiger partial charge >= 0.3 is 0 Å². The lowest BCUT2D eigenvalue weighted by Crippen LogP contribution is -2.30. The van der Waals surface area contributed by atoms with Crippen molar-refractivity contribution in [2.75, 3.05) is 0 Å². The van der Waals surface area contributed by atoms with E-state index in [1.807, 2.05) is 37.3 Å². The average molecular weight is 369 g/mol. The molecule has 5 heteroatoms. The normalized spacial score (nSPS) is 13.0. The summed E-state index contributed by atoms with van der Waals surface area (Å²) in [5.74, 6) is -0.267. The molecule has 0 radical (unpaired) electrons. The maximum Gasteiger partial charge on any atom is 0.181 e. The summed E-state index contributed by atoms with van der Waals surface area (Å²) in [6.07, 6.45) is 3.66. The van der Waals surface area contributed by atoms with Crippen LogP contribution < -0.4 is 0 Å². The summed E-state index contributed by atoms with van der Waals surface area (Å²) < 4.78 is 0. The number of aliphatic hydroxyl groups is 1. The molecule has 0 aliphatic carbocycles. The predicted octanol–water partition coefficient (Wildman–Crippen LogP) is 4.93. The van der Waals surface area contributed by atoms with E-state index in [-0.39, 0.29) is 18.1 Å². The highest BCUT2D eigenvalue weighted by atomic mass is 35.5. The molecule has 0 amide bonds. The summed E-state index contributed by atoms with van der Waals surface area (Å²) in [5.41, 5.74) is 1.77. The van der Waals surface area contributed by atoms with Gasteiger partial charge in [0.25, 0.3) is 0 Å². The van der Waals surface area contributed by atoms with Gasteiger partial charge in [-0.3, -0.25) is 9.78 Å². The van der Waals surface area contributed by atoms with E-state index in [9.17, 15) is 9.90 Å². The molecule has 26 heavy (non-hydrogen) atoms. The van der Waals surface area contributed by atoms with Crippen molar-refractivity contribution in [3.05, 3.63) is 59.5 Å². The van der Waals surface area contributed by atoms with E-state index in [0.29, 0.717) is 16.2 Å². The average Bonchev–Trinajstić information content (AvgIpc) is 2.60. The number of fused-ring (bicyclic) bond motifs is 1. The van der Waals surface area contributed by atoms with Crippen LogP contribution in [0, 0.1) is 5.92 Å². The van der Waals surface area contributed by atoms with Crippen molar-refractivity contribution in [2.45, 2.75) is 32.8 Å². The Balaban J connectivity index is 2.04. The lowest BCUT2D eigenvalue weighted by Gasteiger charge is -2.25. The Hall–Kier alpha value is -2.30. The van der Waals surface area contributed by atoms with Crippen molar-refractivity contribution in [1.82, 2.24) is 9.97 Å². The second-order valence-electron chi connectivity index (χ2n) is 7.12. The molecule has 0 saturated carbocycles. The lowest BCUT2D eigenvalue weighted by molar-refractivity contribution is 0.0213. The molecule has 0 aliphatic rings. The van der Waals surface area contributed by atoms with E-state index in [1.165, 1.54) is 0 Å². The van der Waals surface area contributed by atoms with Gasteiger partial charge in [-0.2, -0.15) is 0 Å². The third-order valence-electron chi connectivity index (χ3n) is 4.75. The number of pyridine rings is 2. The quantitative estimate of drug-likeness (QED) is 0.648. The van der Waals surface area contributed by atoms with Crippen molar-refractivity contribution in [2.24, 2.45) is 5.92 Å². The highest BCUT2D eigenvalue weighted by Gasteiger charge is 2.25. The number of halogens is 1. The van der Waals surface area contributed by atoms with Gasteiger partial charge in [-0.25, -0.2) is 4.98 Å². The van der Waals surface area contributed by atoms with E-state index in [4.69, 9.17) is 11.6 Å². The monoisotopic (exact) mass is 368 g/mol. The van der Waals surface area contributed by atoms with Gasteiger partial charge in [0.2, 0.25) is 0 Å². The second-order valence-corrected chi connectivity index (χ2v) is 7.52. The van der Waals surface area contributed by atoms with Gasteiger partial charge < -0.3 is 5.11 Å². The van der Waals surface area contributed by atoms with E-state index >= 15 is 0 Å². The summed E-state index contributed by atoms with van der Waals surface area (Å²) in [6.45, 7) is 5.28. The van der Waals surface area contributed by atoms with Gasteiger partial charge in [-0.1, -0.05) is 36.7 Å². The van der Waals surface area contributed by atoms with Crippen molar-refractivity contribution in [3.63, 3.8) is 0 Å². The largest absolute Gasteiger partial charge is 0.390 e. The molecule has 2 heterocycles. The summed E-state index contributed by atoms with van der Waals surface area (Å²) in [7, 11) is 0. The molecule has 0 spiro atoms. The van der Waals surface area contributed by atoms with Crippen LogP contribution in [0.4, 0.5) is 0 Å². The molecule has 3 rings (SSSR count). The number of benzene rings is 1. The molecule has 0 bridgehead atoms. The fraction of sp³-hybridized carbons (Fsp3) is 0.286. The minimum Gasteiger partial charge on any atom is -0.390 e. The molecule has 4 nitrogen and oxygen atoms in total. The first kappa shape index (κ1) is 18.5. The fourth-order valence-corrected chi connectivity index (χ4v) is 2.95. The van der Waals surface area contributed by atoms with E-state index in [0.717, 1.165) is 16.5 Å². The zero-order valence-electron chi connectivity index (χ0n) is 15.0. The third kappa shape index (κ3) is 3.76. The highest BCUT2D eigenvalue weighted by Crippen LogP contribution is 2.32.